The third kappa shape index (κ3) is 4.95. The van der Waals surface area contributed by atoms with Crippen molar-refractivity contribution in [3.63, 3.8) is 0 Å². The van der Waals surface area contributed by atoms with E-state index in [2.05, 4.69) is 26.5 Å². The molecule has 0 aromatic heterocycles. The zero-order valence-corrected chi connectivity index (χ0v) is 17.2. The number of hydrazone groups is 1. The summed E-state index contributed by atoms with van der Waals surface area (Å²) in [6.45, 7) is 3.47. The van der Waals surface area contributed by atoms with E-state index in [-0.39, 0.29) is 12.3 Å². The standard InChI is InChI=1S/C20H21BrN2O5/c1-3-26-20-15(21)8-14(10-18(20)25-2)12-22-23-19(24)11-13-4-5-16-17(9-13)28-7-6-27-16/h4-5,8-10,12H,3,6-7,11H2,1-2H3,(H,23,24)/b22-12+. The fraction of sp³-hybridized carbons (Fsp3) is 0.300. The molecule has 1 amide bonds. The molecule has 0 unspecified atom stereocenters. The lowest BCUT2D eigenvalue weighted by Gasteiger charge is -2.18. The molecule has 1 N–H and O–H groups in total. The predicted molar refractivity (Wildman–Crippen MR) is 109 cm³/mol. The second kappa shape index (κ2) is 9.45. The molecule has 1 aliphatic heterocycles. The summed E-state index contributed by atoms with van der Waals surface area (Å²) in [5.41, 5.74) is 4.11. The number of nitrogens with one attached hydrogen (secondary N) is 1. The van der Waals surface area contributed by atoms with Gasteiger partial charge in [-0.3, -0.25) is 4.79 Å². The summed E-state index contributed by atoms with van der Waals surface area (Å²) in [5, 5.41) is 4.02. The van der Waals surface area contributed by atoms with Crippen LogP contribution in [-0.4, -0.2) is 39.1 Å². The van der Waals surface area contributed by atoms with E-state index in [1.807, 2.05) is 31.2 Å². The van der Waals surface area contributed by atoms with Crippen LogP contribution >= 0.6 is 15.9 Å². The van der Waals surface area contributed by atoms with Crippen molar-refractivity contribution in [2.45, 2.75) is 13.3 Å². The van der Waals surface area contributed by atoms with Crippen molar-refractivity contribution in [1.82, 2.24) is 5.43 Å². The number of nitrogens with zero attached hydrogens (tertiary/aromatic N) is 1. The van der Waals surface area contributed by atoms with Gasteiger partial charge in [-0.25, -0.2) is 5.43 Å². The Morgan fingerprint density at radius 1 is 1.25 bits per heavy atom. The van der Waals surface area contributed by atoms with E-state index in [1.54, 1.807) is 19.4 Å². The van der Waals surface area contributed by atoms with Gasteiger partial charge in [0.15, 0.2) is 23.0 Å². The first-order valence-corrected chi connectivity index (χ1v) is 9.60. The highest BCUT2D eigenvalue weighted by Gasteiger charge is 2.13. The highest BCUT2D eigenvalue weighted by Crippen LogP contribution is 2.36. The molecule has 0 saturated heterocycles. The minimum absolute atomic E-state index is 0.185. The van der Waals surface area contributed by atoms with E-state index >= 15 is 0 Å². The molecule has 0 spiro atoms. The first kappa shape index (κ1) is 20.0. The SMILES string of the molecule is CCOc1c(Br)cc(/C=N/NC(=O)Cc2ccc3c(c2)OCCO3)cc1OC. The molecule has 3 rings (SSSR count). The molecule has 8 heteroatoms. The number of fused-ring (bicyclic) bond motifs is 1. The average Bonchev–Trinajstić information content (AvgIpc) is 2.69. The molecule has 1 aliphatic rings. The van der Waals surface area contributed by atoms with Crippen LogP contribution < -0.4 is 24.4 Å². The van der Waals surface area contributed by atoms with Gasteiger partial charge >= 0.3 is 0 Å². The van der Waals surface area contributed by atoms with E-state index in [1.165, 1.54) is 0 Å². The van der Waals surface area contributed by atoms with Gasteiger partial charge in [0.05, 0.1) is 30.8 Å². The Kier molecular flexibility index (Phi) is 6.76. The molecule has 0 fully saturated rings. The normalized spacial score (nSPS) is 12.7. The Hall–Kier alpha value is -2.74. The molecule has 0 radical (unpaired) electrons. The minimum Gasteiger partial charge on any atom is -0.493 e. The van der Waals surface area contributed by atoms with Crippen molar-refractivity contribution < 1.29 is 23.7 Å². The number of hydrogen-bond donors (Lipinski definition) is 1. The Morgan fingerprint density at radius 2 is 2.04 bits per heavy atom. The van der Waals surface area contributed by atoms with Gasteiger partial charge in [-0.2, -0.15) is 5.10 Å². The summed E-state index contributed by atoms with van der Waals surface area (Å²) in [6.07, 6.45) is 1.73. The summed E-state index contributed by atoms with van der Waals surface area (Å²) in [6, 6.07) is 9.08. The van der Waals surface area contributed by atoms with Gasteiger partial charge in [0.1, 0.15) is 13.2 Å². The minimum atomic E-state index is -0.232. The lowest BCUT2D eigenvalue weighted by molar-refractivity contribution is -0.120. The van der Waals surface area contributed by atoms with Crippen LogP contribution in [0, 0.1) is 0 Å². The van der Waals surface area contributed by atoms with Crippen molar-refractivity contribution >= 4 is 28.1 Å². The molecule has 7 nitrogen and oxygen atoms in total. The fourth-order valence-electron chi connectivity index (χ4n) is 2.70. The van der Waals surface area contributed by atoms with E-state index in [4.69, 9.17) is 18.9 Å². The lowest BCUT2D eigenvalue weighted by Crippen LogP contribution is -2.20. The number of ether oxygens (including phenoxy) is 4. The van der Waals surface area contributed by atoms with Gasteiger partial charge in [-0.05, 0) is 58.2 Å². The summed E-state index contributed by atoms with van der Waals surface area (Å²) in [4.78, 5) is 12.1. The van der Waals surface area contributed by atoms with Gasteiger partial charge in [-0.15, -0.1) is 0 Å². The molecule has 1 heterocycles. The van der Waals surface area contributed by atoms with E-state index in [9.17, 15) is 4.79 Å². The topological polar surface area (TPSA) is 78.4 Å². The van der Waals surface area contributed by atoms with E-state index in [0.29, 0.717) is 42.8 Å². The average molecular weight is 449 g/mol. The zero-order chi connectivity index (χ0) is 19.9. The summed E-state index contributed by atoms with van der Waals surface area (Å²) < 4.78 is 22.7. The summed E-state index contributed by atoms with van der Waals surface area (Å²) in [7, 11) is 1.57. The number of halogens is 1. The molecular weight excluding hydrogens is 428 g/mol. The first-order valence-electron chi connectivity index (χ1n) is 8.81. The van der Waals surface area contributed by atoms with Gasteiger partial charge in [0.2, 0.25) is 5.91 Å². The number of benzene rings is 2. The van der Waals surface area contributed by atoms with Crippen LogP contribution in [0.2, 0.25) is 0 Å². The van der Waals surface area contributed by atoms with E-state index < -0.39 is 0 Å². The Morgan fingerprint density at radius 3 is 2.79 bits per heavy atom. The van der Waals surface area contributed by atoms with Crippen LogP contribution in [0.15, 0.2) is 39.9 Å². The van der Waals surface area contributed by atoms with Crippen LogP contribution in [0.5, 0.6) is 23.0 Å². The number of rotatable bonds is 7. The van der Waals surface area contributed by atoms with Crippen molar-refractivity contribution in [1.29, 1.82) is 0 Å². The molecule has 0 atom stereocenters. The van der Waals surface area contributed by atoms with Gasteiger partial charge in [0, 0.05) is 0 Å². The van der Waals surface area contributed by atoms with Crippen molar-refractivity contribution in [2.75, 3.05) is 26.9 Å². The maximum absolute atomic E-state index is 12.1. The number of methoxy groups -OCH3 is 1. The smallest absolute Gasteiger partial charge is 0.244 e. The van der Waals surface area contributed by atoms with Crippen LogP contribution in [0.3, 0.4) is 0 Å². The zero-order valence-electron chi connectivity index (χ0n) is 15.7. The van der Waals surface area contributed by atoms with Crippen LogP contribution in [0.4, 0.5) is 0 Å². The largest absolute Gasteiger partial charge is 0.493 e. The third-order valence-electron chi connectivity index (χ3n) is 3.91. The molecule has 0 saturated carbocycles. The molecule has 148 valence electrons. The molecule has 0 bridgehead atoms. The quantitative estimate of drug-likeness (QED) is 0.519. The summed E-state index contributed by atoms with van der Waals surface area (Å²) >= 11 is 3.46. The molecule has 2 aromatic carbocycles. The number of amides is 1. The number of carbonyl (C=O) groups is 1. The summed E-state index contributed by atoms with van der Waals surface area (Å²) in [5.74, 6) is 2.34. The molecule has 2 aromatic rings. The third-order valence-corrected chi connectivity index (χ3v) is 4.50. The van der Waals surface area contributed by atoms with Crippen molar-refractivity contribution in [3.05, 3.63) is 45.9 Å². The second-order valence-electron chi connectivity index (χ2n) is 5.92. The number of hydrogen-bond acceptors (Lipinski definition) is 6. The van der Waals surface area contributed by atoms with Gasteiger partial charge < -0.3 is 18.9 Å². The van der Waals surface area contributed by atoms with Crippen molar-refractivity contribution in [3.8, 4) is 23.0 Å². The first-order chi connectivity index (χ1) is 13.6. The Bertz CT molecular complexity index is 885. The monoisotopic (exact) mass is 448 g/mol. The highest BCUT2D eigenvalue weighted by atomic mass is 79.9. The Labute approximate surface area is 171 Å². The maximum atomic E-state index is 12.1. The van der Waals surface area contributed by atoms with E-state index in [0.717, 1.165) is 15.6 Å². The van der Waals surface area contributed by atoms with Gasteiger partial charge in [-0.1, -0.05) is 6.07 Å². The lowest BCUT2D eigenvalue weighted by atomic mass is 10.1. The molecule has 0 aliphatic carbocycles. The Balaban J connectivity index is 1.61. The maximum Gasteiger partial charge on any atom is 0.244 e. The predicted octanol–water partition coefficient (Wildman–Crippen LogP) is 3.32. The number of carbonyl (C=O) groups excluding carboxylic acids is 1. The van der Waals surface area contributed by atoms with Crippen LogP contribution in [0.1, 0.15) is 18.1 Å². The highest BCUT2D eigenvalue weighted by molar-refractivity contribution is 9.10. The molecule has 28 heavy (non-hydrogen) atoms. The fourth-order valence-corrected chi connectivity index (χ4v) is 3.27. The van der Waals surface area contributed by atoms with Crippen molar-refractivity contribution in [2.24, 2.45) is 5.10 Å². The molecular formula is C20H21BrN2O5. The van der Waals surface area contributed by atoms with Gasteiger partial charge in [0.25, 0.3) is 0 Å². The van der Waals surface area contributed by atoms with Crippen LogP contribution in [0.25, 0.3) is 0 Å². The second-order valence-corrected chi connectivity index (χ2v) is 6.77. The van der Waals surface area contributed by atoms with Crippen LogP contribution in [-0.2, 0) is 11.2 Å².